The summed E-state index contributed by atoms with van der Waals surface area (Å²) in [5.74, 6) is -0.493. The predicted molar refractivity (Wildman–Crippen MR) is 57.3 cm³/mol. The Morgan fingerprint density at radius 3 is 2.12 bits per heavy atom. The summed E-state index contributed by atoms with van der Waals surface area (Å²) >= 11 is 0. The van der Waals surface area contributed by atoms with E-state index in [0.29, 0.717) is 0 Å². The molecule has 0 aromatic carbocycles. The Morgan fingerprint density at radius 2 is 1.69 bits per heavy atom. The van der Waals surface area contributed by atoms with Crippen LogP contribution in [0, 0.1) is 5.41 Å². The van der Waals surface area contributed by atoms with Crippen molar-refractivity contribution in [3.8, 4) is 0 Å². The first-order valence-corrected chi connectivity index (χ1v) is 4.77. The second kappa shape index (κ2) is 5.94. The van der Waals surface area contributed by atoms with Crippen molar-refractivity contribution in [2.24, 2.45) is 0 Å². The van der Waals surface area contributed by atoms with Gasteiger partial charge >= 0.3 is 12.2 Å². The second-order valence-electron chi connectivity index (χ2n) is 3.85. The Labute approximate surface area is 94.0 Å². The number of ether oxygens (including phenoxy) is 2. The molecule has 0 unspecified atom stereocenters. The molecule has 0 bridgehead atoms. The lowest BCUT2D eigenvalue weighted by molar-refractivity contribution is 0.0561. The average Bonchev–Trinajstić information content (AvgIpc) is 1.98. The molecule has 7 heteroatoms. The molecule has 0 aliphatic heterocycles. The molecule has 0 saturated heterocycles. The van der Waals surface area contributed by atoms with Gasteiger partial charge in [0.05, 0.1) is 6.61 Å². The molecule has 3 N–H and O–H groups in total. The summed E-state index contributed by atoms with van der Waals surface area (Å²) in [6.07, 6.45) is -1.61. The molecule has 0 aromatic rings. The topological polar surface area (TPSA) is 101 Å². The maximum atomic E-state index is 11.1. The molecule has 0 spiro atoms. The van der Waals surface area contributed by atoms with E-state index in [0.717, 1.165) is 0 Å². The van der Waals surface area contributed by atoms with E-state index in [9.17, 15) is 9.59 Å². The molecule has 0 aromatic heterocycles. The molecular formula is C9H17N3O4. The zero-order valence-corrected chi connectivity index (χ0v) is 9.84. The van der Waals surface area contributed by atoms with Crippen LogP contribution in [0.1, 0.15) is 27.7 Å². The Balaban J connectivity index is 3.97. The number of hydrogen-bond acceptors (Lipinski definition) is 5. The minimum absolute atomic E-state index is 0.186. The lowest BCUT2D eigenvalue weighted by atomic mass is 10.2. The van der Waals surface area contributed by atoms with Gasteiger partial charge in [-0.3, -0.25) is 16.0 Å². The highest BCUT2D eigenvalue weighted by Crippen LogP contribution is 2.05. The van der Waals surface area contributed by atoms with E-state index >= 15 is 0 Å². The van der Waals surface area contributed by atoms with Crippen LogP contribution in [0.15, 0.2) is 0 Å². The van der Waals surface area contributed by atoms with Gasteiger partial charge in [-0.1, -0.05) is 0 Å². The quantitative estimate of drug-likeness (QED) is 0.466. The molecule has 16 heavy (non-hydrogen) atoms. The van der Waals surface area contributed by atoms with E-state index in [-0.39, 0.29) is 6.61 Å². The highest BCUT2D eigenvalue weighted by atomic mass is 16.6. The smallest absolute Gasteiger partial charge is 0.414 e. The number of alkyl carbamates (subject to hydrolysis) is 2. The predicted octanol–water partition coefficient (Wildman–Crippen LogP) is 1.19. The van der Waals surface area contributed by atoms with Gasteiger partial charge in [0.15, 0.2) is 0 Å². The van der Waals surface area contributed by atoms with E-state index in [2.05, 4.69) is 4.74 Å². The third-order valence-electron chi connectivity index (χ3n) is 1.13. The van der Waals surface area contributed by atoms with E-state index in [1.807, 2.05) is 10.6 Å². The summed E-state index contributed by atoms with van der Waals surface area (Å²) in [5.41, 5.74) is -0.658. The van der Waals surface area contributed by atoms with Gasteiger partial charge in [0, 0.05) is 0 Å². The molecule has 0 heterocycles. The molecular weight excluding hydrogens is 214 g/mol. The fourth-order valence-electron chi connectivity index (χ4n) is 0.706. The largest absolute Gasteiger partial charge is 0.450 e. The zero-order valence-electron chi connectivity index (χ0n) is 9.84. The summed E-state index contributed by atoms with van der Waals surface area (Å²) in [4.78, 5) is 22.0. The van der Waals surface area contributed by atoms with Crippen molar-refractivity contribution in [1.82, 2.24) is 10.6 Å². The first kappa shape index (κ1) is 14.2. The van der Waals surface area contributed by atoms with E-state index in [1.165, 1.54) is 0 Å². The summed E-state index contributed by atoms with van der Waals surface area (Å²) in [7, 11) is 0. The first-order chi connectivity index (χ1) is 7.24. The van der Waals surface area contributed by atoms with Gasteiger partial charge in [0.1, 0.15) is 5.60 Å². The van der Waals surface area contributed by atoms with Gasteiger partial charge in [-0.2, -0.15) is 0 Å². The van der Waals surface area contributed by atoms with E-state index in [1.54, 1.807) is 27.7 Å². The van der Waals surface area contributed by atoms with Gasteiger partial charge in [-0.15, -0.1) is 0 Å². The average molecular weight is 231 g/mol. The fraction of sp³-hybridized carbons (Fsp3) is 0.667. The number of guanidine groups is 1. The molecule has 92 valence electrons. The van der Waals surface area contributed by atoms with E-state index in [4.69, 9.17) is 10.1 Å². The van der Waals surface area contributed by atoms with Crippen LogP contribution in [0.25, 0.3) is 0 Å². The highest BCUT2D eigenvalue weighted by molar-refractivity contribution is 5.99. The third-order valence-corrected chi connectivity index (χ3v) is 1.13. The van der Waals surface area contributed by atoms with Crippen LogP contribution in [0.2, 0.25) is 0 Å². The Morgan fingerprint density at radius 1 is 1.19 bits per heavy atom. The van der Waals surface area contributed by atoms with Crippen molar-refractivity contribution in [3.63, 3.8) is 0 Å². The molecule has 0 rings (SSSR count). The van der Waals surface area contributed by atoms with E-state index < -0.39 is 23.7 Å². The molecule has 0 fully saturated rings. The standard InChI is InChI=1S/C9H17N3O4/c1-5-15-7(13)11-6(10)12-8(14)16-9(2,3)4/h5H2,1-4H3,(H3,10,11,12,13,14). The van der Waals surface area contributed by atoms with Crippen LogP contribution >= 0.6 is 0 Å². The maximum Gasteiger partial charge on any atom is 0.414 e. The molecule has 0 radical (unpaired) electrons. The molecule has 2 amide bonds. The number of amides is 2. The summed E-state index contributed by atoms with van der Waals surface area (Å²) in [5, 5.41) is 11.3. The lowest BCUT2D eigenvalue weighted by Crippen LogP contribution is -2.45. The van der Waals surface area contributed by atoms with Gasteiger partial charge in [0.2, 0.25) is 5.96 Å². The molecule has 0 aliphatic carbocycles. The van der Waals surface area contributed by atoms with Crippen LogP contribution in [0.4, 0.5) is 9.59 Å². The van der Waals surface area contributed by atoms with Crippen LogP contribution in [-0.2, 0) is 9.47 Å². The number of rotatable bonds is 1. The number of nitrogens with one attached hydrogen (secondary N) is 3. The van der Waals surface area contributed by atoms with Gasteiger partial charge in [0.25, 0.3) is 0 Å². The number of carbonyl (C=O) groups excluding carboxylic acids is 2. The molecule has 0 saturated carbocycles. The SMILES string of the molecule is CCOC(=O)NC(=N)NC(=O)OC(C)(C)C. The minimum atomic E-state index is -0.811. The molecule has 0 atom stereocenters. The second-order valence-corrected chi connectivity index (χ2v) is 3.85. The van der Waals surface area contributed by atoms with Gasteiger partial charge in [-0.25, -0.2) is 9.59 Å². The summed E-state index contributed by atoms with van der Waals surface area (Å²) < 4.78 is 9.38. The van der Waals surface area contributed by atoms with Crippen molar-refractivity contribution in [3.05, 3.63) is 0 Å². The Bertz CT molecular complexity index is 283. The van der Waals surface area contributed by atoms with Crippen LogP contribution in [0.5, 0.6) is 0 Å². The highest BCUT2D eigenvalue weighted by Gasteiger charge is 2.17. The van der Waals surface area contributed by atoms with Crippen molar-refractivity contribution in [2.75, 3.05) is 6.61 Å². The fourth-order valence-corrected chi connectivity index (χ4v) is 0.706. The van der Waals surface area contributed by atoms with Crippen molar-refractivity contribution in [2.45, 2.75) is 33.3 Å². The van der Waals surface area contributed by atoms with Gasteiger partial charge < -0.3 is 9.47 Å². The Kier molecular flexibility index (Phi) is 5.27. The first-order valence-electron chi connectivity index (χ1n) is 4.77. The van der Waals surface area contributed by atoms with Crippen molar-refractivity contribution < 1.29 is 19.1 Å². The lowest BCUT2D eigenvalue weighted by Gasteiger charge is -2.19. The minimum Gasteiger partial charge on any atom is -0.450 e. The normalized spacial score (nSPS) is 10.2. The zero-order chi connectivity index (χ0) is 12.8. The maximum absolute atomic E-state index is 11.1. The molecule has 7 nitrogen and oxygen atoms in total. The van der Waals surface area contributed by atoms with Crippen LogP contribution in [-0.4, -0.2) is 30.4 Å². The Hall–Kier alpha value is -1.79. The monoisotopic (exact) mass is 231 g/mol. The van der Waals surface area contributed by atoms with Gasteiger partial charge in [-0.05, 0) is 27.7 Å². The molecule has 0 aliphatic rings. The van der Waals surface area contributed by atoms with Crippen LogP contribution < -0.4 is 10.6 Å². The summed E-state index contributed by atoms with van der Waals surface area (Å²) in [6.45, 7) is 6.88. The van der Waals surface area contributed by atoms with Crippen LogP contribution in [0.3, 0.4) is 0 Å². The van der Waals surface area contributed by atoms with Crippen molar-refractivity contribution in [1.29, 1.82) is 5.41 Å². The third kappa shape index (κ3) is 7.60. The van der Waals surface area contributed by atoms with Crippen molar-refractivity contribution >= 4 is 18.1 Å². The number of hydrogen-bond donors (Lipinski definition) is 3. The summed E-state index contributed by atoms with van der Waals surface area (Å²) in [6, 6.07) is 0. The number of carbonyl (C=O) groups is 2.